The van der Waals surface area contributed by atoms with Crippen LogP contribution in [0.15, 0.2) is 48.5 Å². The molecule has 0 aliphatic heterocycles. The third kappa shape index (κ3) is 2.94. The van der Waals surface area contributed by atoms with Crippen molar-refractivity contribution < 1.29 is 13.6 Å². The van der Waals surface area contributed by atoms with Crippen molar-refractivity contribution >= 4 is 5.91 Å². The summed E-state index contributed by atoms with van der Waals surface area (Å²) in [6.07, 6.45) is 0.643. The van der Waals surface area contributed by atoms with Crippen molar-refractivity contribution in [3.63, 3.8) is 0 Å². The van der Waals surface area contributed by atoms with E-state index in [9.17, 15) is 13.6 Å². The van der Waals surface area contributed by atoms with Gasteiger partial charge in [0.25, 0.3) is 0 Å². The first-order valence-corrected chi connectivity index (χ1v) is 6.92. The minimum atomic E-state index is -0.334. The molecule has 1 saturated carbocycles. The average Bonchev–Trinajstić information content (AvgIpc) is 3.27. The monoisotopic (exact) mass is 287 g/mol. The fourth-order valence-electron chi connectivity index (χ4n) is 2.56. The van der Waals surface area contributed by atoms with Crippen LogP contribution in [0.1, 0.15) is 23.5 Å². The second-order valence-electron chi connectivity index (χ2n) is 5.28. The minimum absolute atomic E-state index is 0.0631. The van der Waals surface area contributed by atoms with Crippen LogP contribution in [-0.2, 0) is 11.3 Å². The lowest BCUT2D eigenvalue weighted by atomic mass is 10.1. The molecule has 0 bridgehead atoms. The Balaban J connectivity index is 1.59. The number of amides is 1. The molecule has 0 radical (unpaired) electrons. The average molecular weight is 287 g/mol. The molecule has 2 unspecified atom stereocenters. The van der Waals surface area contributed by atoms with E-state index in [2.05, 4.69) is 5.32 Å². The SMILES string of the molecule is O=C(NCc1ccccc1F)C1CC1c1ccccc1F. The van der Waals surface area contributed by atoms with Gasteiger partial charge in [0.2, 0.25) is 5.91 Å². The molecule has 21 heavy (non-hydrogen) atoms. The molecule has 2 nitrogen and oxygen atoms in total. The van der Waals surface area contributed by atoms with Crippen molar-refractivity contribution in [3.8, 4) is 0 Å². The summed E-state index contributed by atoms with van der Waals surface area (Å²) in [5, 5.41) is 2.72. The summed E-state index contributed by atoms with van der Waals surface area (Å²) in [6, 6.07) is 12.9. The molecule has 1 aliphatic rings. The summed E-state index contributed by atoms with van der Waals surface area (Å²) >= 11 is 0. The maximum Gasteiger partial charge on any atom is 0.224 e. The lowest BCUT2D eigenvalue weighted by Crippen LogP contribution is -2.25. The number of benzene rings is 2. The molecule has 1 N–H and O–H groups in total. The number of hydrogen-bond donors (Lipinski definition) is 1. The predicted molar refractivity (Wildman–Crippen MR) is 75.5 cm³/mol. The Morgan fingerprint density at radius 1 is 1.05 bits per heavy atom. The van der Waals surface area contributed by atoms with E-state index in [0.29, 0.717) is 17.5 Å². The van der Waals surface area contributed by atoms with Gasteiger partial charge in [-0.05, 0) is 30.0 Å². The largest absolute Gasteiger partial charge is 0.352 e. The summed E-state index contributed by atoms with van der Waals surface area (Å²) < 4.78 is 27.1. The van der Waals surface area contributed by atoms with Gasteiger partial charge in [-0.2, -0.15) is 0 Å². The molecule has 2 aromatic carbocycles. The summed E-state index contributed by atoms with van der Waals surface area (Å²) in [4.78, 5) is 12.0. The quantitative estimate of drug-likeness (QED) is 0.917. The molecule has 3 rings (SSSR count). The van der Waals surface area contributed by atoms with Crippen LogP contribution >= 0.6 is 0 Å². The molecule has 1 fully saturated rings. The molecule has 1 amide bonds. The van der Waals surface area contributed by atoms with Gasteiger partial charge < -0.3 is 5.32 Å². The molecule has 0 aromatic heterocycles. The van der Waals surface area contributed by atoms with Gasteiger partial charge in [0.1, 0.15) is 11.6 Å². The van der Waals surface area contributed by atoms with Gasteiger partial charge >= 0.3 is 0 Å². The topological polar surface area (TPSA) is 29.1 Å². The van der Waals surface area contributed by atoms with E-state index < -0.39 is 0 Å². The van der Waals surface area contributed by atoms with E-state index in [1.54, 1.807) is 36.4 Å². The number of halogens is 2. The van der Waals surface area contributed by atoms with Crippen LogP contribution in [0.5, 0.6) is 0 Å². The first-order chi connectivity index (χ1) is 10.2. The van der Waals surface area contributed by atoms with E-state index in [4.69, 9.17) is 0 Å². The Labute approximate surface area is 121 Å². The summed E-state index contributed by atoms with van der Waals surface area (Å²) in [7, 11) is 0. The van der Waals surface area contributed by atoms with E-state index in [0.717, 1.165) is 0 Å². The first kappa shape index (κ1) is 13.7. The number of hydrogen-bond acceptors (Lipinski definition) is 1. The summed E-state index contributed by atoms with van der Waals surface area (Å²) in [5.74, 6) is -1.03. The van der Waals surface area contributed by atoms with E-state index in [1.165, 1.54) is 12.1 Å². The second-order valence-corrected chi connectivity index (χ2v) is 5.28. The molecular formula is C17H15F2NO. The van der Waals surface area contributed by atoms with Crippen molar-refractivity contribution in [2.75, 3.05) is 0 Å². The zero-order valence-corrected chi connectivity index (χ0v) is 11.4. The molecule has 0 saturated heterocycles. The first-order valence-electron chi connectivity index (χ1n) is 6.92. The van der Waals surface area contributed by atoms with E-state index in [1.807, 2.05) is 0 Å². The summed E-state index contributed by atoms with van der Waals surface area (Å²) in [5.41, 5.74) is 1.04. The van der Waals surface area contributed by atoms with Gasteiger partial charge in [-0.3, -0.25) is 4.79 Å². The van der Waals surface area contributed by atoms with Gasteiger partial charge in [0.05, 0.1) is 0 Å². The fraction of sp³-hybridized carbons (Fsp3) is 0.235. The normalized spacial score (nSPS) is 20.1. The number of nitrogens with one attached hydrogen (secondary N) is 1. The number of rotatable bonds is 4. The smallest absolute Gasteiger partial charge is 0.224 e. The highest BCUT2D eigenvalue weighted by Gasteiger charge is 2.44. The zero-order chi connectivity index (χ0) is 14.8. The van der Waals surface area contributed by atoms with Gasteiger partial charge in [-0.1, -0.05) is 36.4 Å². The molecule has 108 valence electrons. The highest BCUT2D eigenvalue weighted by atomic mass is 19.1. The molecule has 0 spiro atoms. The highest BCUT2D eigenvalue weighted by molar-refractivity contribution is 5.82. The Morgan fingerprint density at radius 2 is 1.71 bits per heavy atom. The van der Waals surface area contributed by atoms with Gasteiger partial charge in [0.15, 0.2) is 0 Å². The zero-order valence-electron chi connectivity index (χ0n) is 11.4. The molecule has 0 heterocycles. The maximum absolute atomic E-state index is 13.6. The molecule has 4 heteroatoms. The maximum atomic E-state index is 13.6. The fourth-order valence-corrected chi connectivity index (χ4v) is 2.56. The highest BCUT2D eigenvalue weighted by Crippen LogP contribution is 2.48. The third-order valence-corrected chi connectivity index (χ3v) is 3.84. The lowest BCUT2D eigenvalue weighted by molar-refractivity contribution is -0.122. The molecular weight excluding hydrogens is 272 g/mol. The van der Waals surface area contributed by atoms with Crippen LogP contribution < -0.4 is 5.32 Å². The van der Waals surface area contributed by atoms with Crippen molar-refractivity contribution in [1.82, 2.24) is 5.32 Å². The van der Waals surface area contributed by atoms with E-state index >= 15 is 0 Å². The van der Waals surface area contributed by atoms with Crippen LogP contribution in [0, 0.1) is 17.6 Å². The van der Waals surface area contributed by atoms with Crippen LogP contribution in [0.3, 0.4) is 0 Å². The number of carbonyl (C=O) groups is 1. The Bertz CT molecular complexity index is 671. The number of carbonyl (C=O) groups excluding carboxylic acids is 1. The Morgan fingerprint density at radius 3 is 2.43 bits per heavy atom. The summed E-state index contributed by atoms with van der Waals surface area (Å²) in [6.45, 7) is 0.159. The van der Waals surface area contributed by atoms with Gasteiger partial charge in [-0.15, -0.1) is 0 Å². The van der Waals surface area contributed by atoms with Gasteiger partial charge in [-0.25, -0.2) is 8.78 Å². The standard InChI is InChI=1S/C17H15F2NO/c18-15-7-3-1-5-11(15)10-20-17(21)14-9-13(14)12-6-2-4-8-16(12)19/h1-8,13-14H,9-10H2,(H,20,21). The van der Waals surface area contributed by atoms with Crippen LogP contribution in [0.4, 0.5) is 8.78 Å². The van der Waals surface area contributed by atoms with Crippen LogP contribution in [0.2, 0.25) is 0 Å². The Kier molecular flexibility index (Phi) is 3.69. The molecule has 2 atom stereocenters. The van der Waals surface area contributed by atoms with Gasteiger partial charge in [0, 0.05) is 18.0 Å². The van der Waals surface area contributed by atoms with Crippen molar-refractivity contribution in [1.29, 1.82) is 0 Å². The Hall–Kier alpha value is -2.23. The molecule has 1 aliphatic carbocycles. The minimum Gasteiger partial charge on any atom is -0.352 e. The van der Waals surface area contributed by atoms with Crippen molar-refractivity contribution in [2.24, 2.45) is 5.92 Å². The predicted octanol–water partition coefficient (Wildman–Crippen LogP) is 3.38. The van der Waals surface area contributed by atoms with Crippen LogP contribution in [0.25, 0.3) is 0 Å². The second kappa shape index (κ2) is 5.64. The molecule has 2 aromatic rings. The van der Waals surface area contributed by atoms with Crippen LogP contribution in [-0.4, -0.2) is 5.91 Å². The van der Waals surface area contributed by atoms with E-state index in [-0.39, 0.29) is 35.9 Å². The third-order valence-electron chi connectivity index (χ3n) is 3.84. The van der Waals surface area contributed by atoms with Crippen molar-refractivity contribution in [2.45, 2.75) is 18.9 Å². The van der Waals surface area contributed by atoms with Crippen molar-refractivity contribution in [3.05, 3.63) is 71.3 Å². The lowest BCUT2D eigenvalue weighted by Gasteiger charge is -2.06.